The Hall–Kier alpha value is -3.66. The number of halogens is 1. The van der Waals surface area contributed by atoms with E-state index in [2.05, 4.69) is 41.0 Å². The van der Waals surface area contributed by atoms with E-state index in [0.29, 0.717) is 18.4 Å². The molecule has 2 aliphatic heterocycles. The monoisotopic (exact) mass is 606 g/mol. The molecule has 0 saturated carbocycles. The summed E-state index contributed by atoms with van der Waals surface area (Å²) in [7, 11) is -1.25. The second-order valence-corrected chi connectivity index (χ2v) is 18.5. The Balaban J connectivity index is 1.37. The minimum Gasteiger partial charge on any atom is -0.465 e. The molecule has 2 bridgehead atoms. The maximum atomic E-state index is 11.3. The van der Waals surface area contributed by atoms with Crippen LogP contribution < -0.4 is 10.2 Å². The lowest BCUT2D eigenvalue weighted by molar-refractivity contribution is 0.0899. The molecule has 2 aliphatic rings. The van der Waals surface area contributed by atoms with Crippen LogP contribution >= 0.6 is 11.6 Å². The number of hydrogen-bond donors (Lipinski definition) is 2. The fourth-order valence-corrected chi connectivity index (χ4v) is 7.38. The Bertz CT molecular complexity index is 1680. The minimum absolute atomic E-state index is 0.0438. The van der Waals surface area contributed by atoms with Crippen LogP contribution in [0.15, 0.2) is 30.7 Å². The lowest BCUT2D eigenvalue weighted by atomic mass is 9.97. The summed E-state index contributed by atoms with van der Waals surface area (Å²) in [5.74, 6) is 0.802. The van der Waals surface area contributed by atoms with Gasteiger partial charge in [0, 0.05) is 61.7 Å². The third-order valence-corrected chi connectivity index (χ3v) is 10.4. The second-order valence-electron chi connectivity index (χ2n) is 12.5. The van der Waals surface area contributed by atoms with Gasteiger partial charge in [0.2, 0.25) is 0 Å². The lowest BCUT2D eigenvalue weighted by Gasteiger charge is -2.39. The molecule has 220 valence electrons. The van der Waals surface area contributed by atoms with Crippen LogP contribution in [-0.4, -0.2) is 68.3 Å². The highest BCUT2D eigenvalue weighted by atomic mass is 35.5. The van der Waals surface area contributed by atoms with Gasteiger partial charge in [-0.15, -0.1) is 0 Å². The Labute approximate surface area is 250 Å². The average Bonchev–Trinajstić information content (AvgIpc) is 3.58. The molecule has 4 aromatic rings. The number of nitriles is 1. The second kappa shape index (κ2) is 11.2. The molecule has 0 radical (unpaired) electrons. The van der Waals surface area contributed by atoms with Gasteiger partial charge < -0.3 is 24.6 Å². The van der Waals surface area contributed by atoms with Crippen molar-refractivity contribution < 1.29 is 14.6 Å². The molecular weight excluding hydrogens is 572 g/mol. The van der Waals surface area contributed by atoms with Gasteiger partial charge in [-0.25, -0.2) is 14.8 Å². The average molecular weight is 607 g/mol. The zero-order valence-electron chi connectivity index (χ0n) is 24.0. The summed E-state index contributed by atoms with van der Waals surface area (Å²) in [6.07, 6.45) is 8.18. The molecule has 2 fully saturated rings. The first-order chi connectivity index (χ1) is 20.1. The topological polar surface area (TPSA) is 134 Å². The number of nitrogens with zero attached hydrogens (tertiary/aromatic N) is 7. The van der Waals surface area contributed by atoms with Crippen LogP contribution in [0.1, 0.15) is 25.7 Å². The molecule has 1 amide bonds. The summed E-state index contributed by atoms with van der Waals surface area (Å²) in [4.78, 5) is 23.7. The van der Waals surface area contributed by atoms with Gasteiger partial charge in [0.05, 0.1) is 22.8 Å². The number of rotatable bonds is 9. The lowest BCUT2D eigenvalue weighted by Crippen LogP contribution is -2.50. The van der Waals surface area contributed by atoms with Crippen molar-refractivity contribution in [1.82, 2.24) is 29.6 Å². The van der Waals surface area contributed by atoms with E-state index in [9.17, 15) is 9.90 Å². The Morgan fingerprint density at radius 2 is 1.98 bits per heavy atom. The van der Waals surface area contributed by atoms with Crippen LogP contribution in [0.25, 0.3) is 33.2 Å². The quantitative estimate of drug-likeness (QED) is 0.183. The summed E-state index contributed by atoms with van der Waals surface area (Å²) >= 11 is 6.95. The SMILES string of the molecule is C[Si](C)(C)CCOCn1cc(-c2ccc3nn(CC#N)cc3c2Cl)c2ncc(N3C4CCC3CC(NC(=O)O)C4)nc21. The number of hydrogen-bond acceptors (Lipinski definition) is 7. The summed E-state index contributed by atoms with van der Waals surface area (Å²) < 4.78 is 9.74. The summed E-state index contributed by atoms with van der Waals surface area (Å²) in [6, 6.07) is 7.41. The molecule has 2 N–H and O–H groups in total. The van der Waals surface area contributed by atoms with Gasteiger partial charge in [-0.1, -0.05) is 37.3 Å². The number of amides is 1. The Morgan fingerprint density at radius 1 is 1.21 bits per heavy atom. The molecular formula is C29H35ClN8O3Si. The molecule has 6 rings (SSSR count). The number of fused-ring (bicyclic) bond motifs is 4. The number of anilines is 1. The molecule has 11 nitrogen and oxygen atoms in total. The predicted molar refractivity (Wildman–Crippen MR) is 164 cm³/mol. The van der Waals surface area contributed by atoms with Crippen molar-refractivity contribution in [2.75, 3.05) is 11.5 Å². The van der Waals surface area contributed by atoms with Gasteiger partial charge in [0.25, 0.3) is 0 Å². The van der Waals surface area contributed by atoms with Crippen molar-refractivity contribution in [2.45, 2.75) is 82.8 Å². The van der Waals surface area contributed by atoms with E-state index in [1.807, 2.05) is 29.1 Å². The van der Waals surface area contributed by atoms with Crippen molar-refractivity contribution in [3.05, 3.63) is 35.7 Å². The van der Waals surface area contributed by atoms with Crippen molar-refractivity contribution in [2.24, 2.45) is 0 Å². The van der Waals surface area contributed by atoms with Crippen LogP contribution in [0.3, 0.4) is 0 Å². The normalized spacial score (nSPS) is 20.4. The first-order valence-corrected chi connectivity index (χ1v) is 18.4. The molecule has 2 atom stereocenters. The Morgan fingerprint density at radius 3 is 2.67 bits per heavy atom. The van der Waals surface area contributed by atoms with Crippen LogP contribution in [0.5, 0.6) is 0 Å². The number of carbonyl (C=O) groups is 1. The number of nitrogens with one attached hydrogen (secondary N) is 1. The largest absolute Gasteiger partial charge is 0.465 e. The first-order valence-electron chi connectivity index (χ1n) is 14.4. The van der Waals surface area contributed by atoms with Gasteiger partial charge in [-0.05, 0) is 37.8 Å². The smallest absolute Gasteiger partial charge is 0.404 e. The van der Waals surface area contributed by atoms with Gasteiger partial charge in [-0.3, -0.25) is 4.68 Å². The Kier molecular flexibility index (Phi) is 7.59. The minimum atomic E-state index is -1.25. The van der Waals surface area contributed by atoms with E-state index in [0.717, 1.165) is 70.7 Å². The number of aromatic nitrogens is 5. The molecule has 1 aromatic carbocycles. The standard InChI is InChI=1S/C29H35ClN8O3Si/c1-42(2,3)11-10-41-17-36-15-22(21-6-7-24-23(26(21)30)16-37(35-24)9-8-31)27-28(36)34-25(14-32-27)38-19-4-5-20(38)13-18(12-19)33-29(39)40/h6-7,14-16,18-20,33H,4-5,9-13,17H2,1-3H3,(H,39,40). The van der Waals surface area contributed by atoms with Crippen LogP contribution in [0.4, 0.5) is 10.6 Å². The van der Waals surface area contributed by atoms with Crippen molar-refractivity contribution >= 4 is 53.7 Å². The van der Waals surface area contributed by atoms with E-state index in [-0.39, 0.29) is 24.7 Å². The molecule has 13 heteroatoms. The molecule has 2 unspecified atom stereocenters. The van der Waals surface area contributed by atoms with Gasteiger partial charge in [0.15, 0.2) is 5.65 Å². The molecule has 42 heavy (non-hydrogen) atoms. The number of benzene rings is 1. The van der Waals surface area contributed by atoms with Gasteiger partial charge >= 0.3 is 6.09 Å². The van der Waals surface area contributed by atoms with E-state index >= 15 is 0 Å². The third-order valence-electron chi connectivity index (χ3n) is 8.30. The zero-order valence-corrected chi connectivity index (χ0v) is 25.8. The molecule has 5 heterocycles. The van der Waals surface area contributed by atoms with E-state index < -0.39 is 14.2 Å². The number of carboxylic acid groups (broad SMARTS) is 1. The van der Waals surface area contributed by atoms with Crippen molar-refractivity contribution in [3.8, 4) is 17.2 Å². The van der Waals surface area contributed by atoms with Crippen LogP contribution in [0.2, 0.25) is 30.7 Å². The summed E-state index contributed by atoms with van der Waals surface area (Å²) in [5.41, 5.74) is 3.84. The maximum absolute atomic E-state index is 11.3. The van der Waals surface area contributed by atoms with E-state index in [1.54, 1.807) is 10.9 Å². The maximum Gasteiger partial charge on any atom is 0.404 e. The van der Waals surface area contributed by atoms with E-state index in [4.69, 9.17) is 31.6 Å². The molecule has 0 aliphatic carbocycles. The third kappa shape index (κ3) is 5.56. The highest BCUT2D eigenvalue weighted by Gasteiger charge is 2.42. The van der Waals surface area contributed by atoms with Crippen LogP contribution in [0, 0.1) is 11.3 Å². The molecule has 2 saturated heterocycles. The fourth-order valence-electron chi connectivity index (χ4n) is 6.31. The molecule has 0 spiro atoms. The fraction of sp³-hybridized carbons (Fsp3) is 0.483. The number of piperidine rings is 1. The summed E-state index contributed by atoms with van der Waals surface area (Å²) in [6.45, 7) is 8.16. The highest BCUT2D eigenvalue weighted by molar-refractivity contribution is 6.76. The summed E-state index contributed by atoms with van der Waals surface area (Å²) in [5, 5.41) is 26.8. The number of ether oxygens (including phenoxy) is 1. The van der Waals surface area contributed by atoms with Crippen molar-refractivity contribution in [3.63, 3.8) is 0 Å². The van der Waals surface area contributed by atoms with Gasteiger partial charge in [0.1, 0.15) is 24.6 Å². The zero-order chi connectivity index (χ0) is 29.6. The predicted octanol–water partition coefficient (Wildman–Crippen LogP) is 5.70. The van der Waals surface area contributed by atoms with E-state index in [1.165, 1.54) is 0 Å². The highest BCUT2D eigenvalue weighted by Crippen LogP contribution is 2.41. The molecule has 3 aromatic heterocycles. The first kappa shape index (κ1) is 28.5. The van der Waals surface area contributed by atoms with Gasteiger partial charge in [-0.2, -0.15) is 10.4 Å². The van der Waals surface area contributed by atoms with Crippen molar-refractivity contribution in [1.29, 1.82) is 5.26 Å². The van der Waals surface area contributed by atoms with Crippen LogP contribution in [-0.2, 0) is 18.0 Å².